The molecule has 4 nitrogen and oxygen atoms in total. The molecule has 0 aliphatic heterocycles. The summed E-state index contributed by atoms with van der Waals surface area (Å²) < 4.78 is 5.31. The van der Waals surface area contributed by atoms with Gasteiger partial charge in [-0.05, 0) is 37.0 Å². The van der Waals surface area contributed by atoms with Gasteiger partial charge in [0.1, 0.15) is 5.75 Å². The maximum Gasteiger partial charge on any atom is 0.238 e. The number of methoxy groups -OCH3 is 1. The summed E-state index contributed by atoms with van der Waals surface area (Å²) in [6.45, 7) is 4.49. The first-order chi connectivity index (χ1) is 8.99. The molecule has 1 unspecified atom stereocenters. The first-order valence-corrected chi connectivity index (χ1v) is 6.66. The van der Waals surface area contributed by atoms with E-state index in [-0.39, 0.29) is 5.91 Å². The number of hydrogen-bond acceptors (Lipinski definition) is 3. The van der Waals surface area contributed by atoms with Gasteiger partial charge in [0, 0.05) is 13.6 Å². The Bertz CT molecular complexity index is 430. The molecule has 0 fully saturated rings. The van der Waals surface area contributed by atoms with Crippen molar-refractivity contribution in [3.05, 3.63) is 29.3 Å². The number of carbonyl (C=O) groups excluding carboxylic acids is 1. The van der Waals surface area contributed by atoms with Gasteiger partial charge in [-0.15, -0.1) is 0 Å². The van der Waals surface area contributed by atoms with Crippen LogP contribution in [0.4, 0.5) is 0 Å². The molecule has 19 heavy (non-hydrogen) atoms. The minimum atomic E-state index is -0.438. The number of amides is 1. The highest BCUT2D eigenvalue weighted by atomic mass is 16.5. The predicted octanol–water partition coefficient (Wildman–Crippen LogP) is 1.61. The number of hydrogen-bond donors (Lipinski definition) is 1. The quantitative estimate of drug-likeness (QED) is 0.849. The molecular formula is C15H24N2O2. The van der Waals surface area contributed by atoms with Crippen LogP contribution in [-0.2, 0) is 17.6 Å². The van der Waals surface area contributed by atoms with Gasteiger partial charge in [-0.1, -0.05) is 19.1 Å². The second-order valence-electron chi connectivity index (χ2n) is 4.80. The number of rotatable bonds is 6. The standard InChI is InChI=1S/C15H24N2O2/c1-5-13-10-12(6-7-14(13)19-4)8-9-17(3)15(18)11(2)16/h6-7,10-11H,5,8-9,16H2,1-4H3. The first kappa shape index (κ1) is 15.5. The number of ether oxygens (including phenoxy) is 1. The molecule has 0 bridgehead atoms. The zero-order valence-corrected chi connectivity index (χ0v) is 12.3. The van der Waals surface area contributed by atoms with E-state index in [0.29, 0.717) is 6.54 Å². The van der Waals surface area contributed by atoms with Crippen molar-refractivity contribution in [1.29, 1.82) is 0 Å². The third-order valence-electron chi connectivity index (χ3n) is 3.23. The predicted molar refractivity (Wildman–Crippen MR) is 77.4 cm³/mol. The smallest absolute Gasteiger partial charge is 0.238 e. The van der Waals surface area contributed by atoms with Crippen LogP contribution < -0.4 is 10.5 Å². The molecule has 0 heterocycles. The average Bonchev–Trinajstić information content (AvgIpc) is 2.43. The Morgan fingerprint density at radius 2 is 2.16 bits per heavy atom. The Hall–Kier alpha value is -1.55. The summed E-state index contributed by atoms with van der Waals surface area (Å²) in [5, 5.41) is 0. The summed E-state index contributed by atoms with van der Waals surface area (Å²) in [6.07, 6.45) is 1.76. The molecule has 1 rings (SSSR count). The van der Waals surface area contributed by atoms with Crippen molar-refractivity contribution in [2.24, 2.45) is 5.73 Å². The van der Waals surface area contributed by atoms with Gasteiger partial charge in [0.05, 0.1) is 13.2 Å². The van der Waals surface area contributed by atoms with Gasteiger partial charge < -0.3 is 15.4 Å². The highest BCUT2D eigenvalue weighted by molar-refractivity contribution is 5.80. The van der Waals surface area contributed by atoms with E-state index >= 15 is 0 Å². The van der Waals surface area contributed by atoms with E-state index in [1.165, 1.54) is 11.1 Å². The SMILES string of the molecule is CCc1cc(CCN(C)C(=O)C(C)N)ccc1OC. The zero-order chi connectivity index (χ0) is 14.4. The molecule has 0 aliphatic carbocycles. The number of nitrogens with zero attached hydrogens (tertiary/aromatic N) is 1. The molecule has 1 aromatic carbocycles. The molecule has 0 saturated carbocycles. The fraction of sp³-hybridized carbons (Fsp3) is 0.533. The fourth-order valence-corrected chi connectivity index (χ4v) is 2.02. The number of aryl methyl sites for hydroxylation is 1. The molecule has 106 valence electrons. The average molecular weight is 264 g/mol. The summed E-state index contributed by atoms with van der Waals surface area (Å²) in [6, 6.07) is 5.74. The van der Waals surface area contributed by atoms with Gasteiger partial charge in [-0.3, -0.25) is 4.79 Å². The topological polar surface area (TPSA) is 55.6 Å². The Kier molecular flexibility index (Phi) is 5.83. The Morgan fingerprint density at radius 1 is 1.47 bits per heavy atom. The second-order valence-corrected chi connectivity index (χ2v) is 4.80. The monoisotopic (exact) mass is 264 g/mol. The maximum atomic E-state index is 11.7. The van der Waals surface area contributed by atoms with Gasteiger partial charge in [-0.25, -0.2) is 0 Å². The number of nitrogens with two attached hydrogens (primary N) is 1. The van der Waals surface area contributed by atoms with Crippen molar-refractivity contribution in [3.8, 4) is 5.75 Å². The van der Waals surface area contributed by atoms with E-state index < -0.39 is 6.04 Å². The Labute approximate surface area is 115 Å². The molecule has 1 amide bonds. The van der Waals surface area contributed by atoms with E-state index in [9.17, 15) is 4.79 Å². The number of carbonyl (C=O) groups is 1. The summed E-state index contributed by atoms with van der Waals surface area (Å²) in [4.78, 5) is 13.3. The molecule has 4 heteroatoms. The van der Waals surface area contributed by atoms with Crippen molar-refractivity contribution in [2.45, 2.75) is 32.7 Å². The van der Waals surface area contributed by atoms with Crippen LogP contribution in [0.2, 0.25) is 0 Å². The second kappa shape index (κ2) is 7.14. The van der Waals surface area contributed by atoms with E-state index in [1.54, 1.807) is 26.0 Å². The van der Waals surface area contributed by atoms with Crippen LogP contribution in [0.5, 0.6) is 5.75 Å². The number of likely N-dealkylation sites (N-methyl/N-ethyl adjacent to an activating group) is 1. The molecule has 1 aromatic rings. The van der Waals surface area contributed by atoms with Crippen molar-refractivity contribution < 1.29 is 9.53 Å². The van der Waals surface area contributed by atoms with Gasteiger partial charge >= 0.3 is 0 Å². The summed E-state index contributed by atoms with van der Waals surface area (Å²) in [5.41, 5.74) is 7.99. The molecule has 2 N–H and O–H groups in total. The van der Waals surface area contributed by atoms with Gasteiger partial charge in [0.15, 0.2) is 0 Å². The van der Waals surface area contributed by atoms with E-state index in [4.69, 9.17) is 10.5 Å². The van der Waals surface area contributed by atoms with Crippen LogP contribution in [0.15, 0.2) is 18.2 Å². The van der Waals surface area contributed by atoms with Crippen molar-refractivity contribution in [2.75, 3.05) is 20.7 Å². The lowest BCUT2D eigenvalue weighted by atomic mass is 10.0. The summed E-state index contributed by atoms with van der Waals surface area (Å²) >= 11 is 0. The summed E-state index contributed by atoms with van der Waals surface area (Å²) in [5.74, 6) is 0.899. The number of benzene rings is 1. The minimum Gasteiger partial charge on any atom is -0.496 e. The minimum absolute atomic E-state index is 0.0239. The third-order valence-corrected chi connectivity index (χ3v) is 3.23. The van der Waals surface area contributed by atoms with Crippen molar-refractivity contribution in [3.63, 3.8) is 0 Å². The lowest BCUT2D eigenvalue weighted by Gasteiger charge is -2.19. The van der Waals surface area contributed by atoms with Gasteiger partial charge in [0.25, 0.3) is 0 Å². The molecule has 0 saturated heterocycles. The molecular weight excluding hydrogens is 240 g/mol. The highest BCUT2D eigenvalue weighted by Crippen LogP contribution is 2.20. The van der Waals surface area contributed by atoms with Crippen molar-refractivity contribution >= 4 is 5.91 Å². The zero-order valence-electron chi connectivity index (χ0n) is 12.3. The van der Waals surface area contributed by atoms with Crippen LogP contribution in [0.25, 0.3) is 0 Å². The van der Waals surface area contributed by atoms with Crippen LogP contribution >= 0.6 is 0 Å². The van der Waals surface area contributed by atoms with Gasteiger partial charge in [0.2, 0.25) is 5.91 Å². The largest absolute Gasteiger partial charge is 0.496 e. The lowest BCUT2D eigenvalue weighted by molar-refractivity contribution is -0.130. The normalized spacial score (nSPS) is 12.1. The molecule has 0 spiro atoms. The van der Waals surface area contributed by atoms with E-state index in [2.05, 4.69) is 13.0 Å². The first-order valence-electron chi connectivity index (χ1n) is 6.66. The Morgan fingerprint density at radius 3 is 2.68 bits per heavy atom. The Balaban J connectivity index is 2.65. The van der Waals surface area contributed by atoms with Crippen LogP contribution in [0.3, 0.4) is 0 Å². The van der Waals surface area contributed by atoms with E-state index in [0.717, 1.165) is 18.6 Å². The van der Waals surface area contributed by atoms with Crippen molar-refractivity contribution in [1.82, 2.24) is 4.90 Å². The maximum absolute atomic E-state index is 11.7. The molecule has 1 atom stereocenters. The van der Waals surface area contributed by atoms with E-state index in [1.807, 2.05) is 12.1 Å². The third kappa shape index (κ3) is 4.24. The van der Waals surface area contributed by atoms with Gasteiger partial charge in [-0.2, -0.15) is 0 Å². The van der Waals surface area contributed by atoms with Crippen LogP contribution in [0.1, 0.15) is 25.0 Å². The summed E-state index contributed by atoms with van der Waals surface area (Å²) in [7, 11) is 3.47. The fourth-order valence-electron chi connectivity index (χ4n) is 2.02. The molecule has 0 radical (unpaired) electrons. The lowest BCUT2D eigenvalue weighted by Crippen LogP contribution is -2.40. The molecule has 0 aromatic heterocycles. The van der Waals surface area contributed by atoms with Crippen LogP contribution in [0, 0.1) is 0 Å². The highest BCUT2D eigenvalue weighted by Gasteiger charge is 2.13. The molecule has 0 aliphatic rings. The van der Waals surface area contributed by atoms with Crippen LogP contribution in [-0.4, -0.2) is 37.6 Å².